The Bertz CT molecular complexity index is 228. The van der Waals surface area contributed by atoms with Crippen molar-refractivity contribution in [3.63, 3.8) is 0 Å². The van der Waals surface area contributed by atoms with Gasteiger partial charge in [0.15, 0.2) is 0 Å². The molecule has 0 N–H and O–H groups in total. The zero-order valence-corrected chi connectivity index (χ0v) is 13.1. The molecule has 0 saturated carbocycles. The lowest BCUT2D eigenvalue weighted by Crippen LogP contribution is -1.81. The van der Waals surface area contributed by atoms with Gasteiger partial charge in [0.2, 0.25) is 0 Å². The summed E-state index contributed by atoms with van der Waals surface area (Å²) in [5.74, 6) is 0.0405. The lowest BCUT2D eigenvalue weighted by Gasteiger charge is -2.00. The quantitative estimate of drug-likeness (QED) is 0.246. The molecule has 0 bridgehead atoms. The normalized spacial score (nSPS) is 12.5. The highest BCUT2D eigenvalue weighted by Gasteiger charge is 1.95. The Labute approximate surface area is 120 Å². The first kappa shape index (κ1) is 18.4. The molecule has 0 aliphatic rings. The molecule has 0 amide bonds. The van der Waals surface area contributed by atoms with E-state index in [1.807, 2.05) is 6.08 Å². The average molecular weight is 268 g/mol. The third kappa shape index (κ3) is 15.4. The van der Waals surface area contributed by atoms with Crippen LogP contribution in [-0.4, -0.2) is 0 Å². The van der Waals surface area contributed by atoms with Crippen LogP contribution in [0.3, 0.4) is 0 Å². The Morgan fingerprint density at radius 2 is 1.37 bits per heavy atom. The largest absolute Gasteiger partial charge is 0.212 e. The van der Waals surface area contributed by atoms with E-state index < -0.39 is 0 Å². The molecule has 112 valence electrons. The van der Waals surface area contributed by atoms with Gasteiger partial charge in [0.25, 0.3) is 0 Å². The molecule has 0 heterocycles. The van der Waals surface area contributed by atoms with Gasteiger partial charge in [-0.25, -0.2) is 4.39 Å². The number of halogens is 1. The van der Waals surface area contributed by atoms with Gasteiger partial charge in [0.1, 0.15) is 0 Å². The predicted molar refractivity (Wildman–Crippen MR) is 85.1 cm³/mol. The molecule has 1 heteroatoms. The molecule has 0 nitrogen and oxygen atoms in total. The van der Waals surface area contributed by atoms with Crippen molar-refractivity contribution in [3.05, 3.63) is 24.1 Å². The maximum absolute atomic E-state index is 13.4. The summed E-state index contributed by atoms with van der Waals surface area (Å²) in [6, 6.07) is 0. The third-order valence-electron chi connectivity index (χ3n) is 3.41. The van der Waals surface area contributed by atoms with Gasteiger partial charge in [0.05, 0.1) is 5.83 Å². The van der Waals surface area contributed by atoms with Gasteiger partial charge in [-0.15, -0.1) is 0 Å². The molecule has 0 atom stereocenters. The SMILES string of the molecule is CCCC/C=C/C=C(\F)CCCCCCCCCC. The molecule has 0 saturated heterocycles. The van der Waals surface area contributed by atoms with Crippen molar-refractivity contribution in [2.75, 3.05) is 0 Å². The zero-order chi connectivity index (χ0) is 14.2. The molecule has 0 aliphatic carbocycles. The van der Waals surface area contributed by atoms with E-state index in [4.69, 9.17) is 0 Å². The van der Waals surface area contributed by atoms with E-state index in [0.717, 1.165) is 12.8 Å². The van der Waals surface area contributed by atoms with E-state index in [2.05, 4.69) is 19.9 Å². The molecule has 0 fully saturated rings. The molecule has 0 spiro atoms. The van der Waals surface area contributed by atoms with Crippen LogP contribution in [0.4, 0.5) is 4.39 Å². The van der Waals surface area contributed by atoms with Crippen molar-refractivity contribution in [1.82, 2.24) is 0 Å². The van der Waals surface area contributed by atoms with Crippen LogP contribution >= 0.6 is 0 Å². The van der Waals surface area contributed by atoms with E-state index in [-0.39, 0.29) is 5.83 Å². The number of allylic oxidation sites excluding steroid dienone is 4. The first-order valence-corrected chi connectivity index (χ1v) is 8.32. The number of rotatable bonds is 13. The minimum Gasteiger partial charge on any atom is -0.212 e. The second-order valence-electron chi connectivity index (χ2n) is 5.41. The second-order valence-corrected chi connectivity index (χ2v) is 5.41. The van der Waals surface area contributed by atoms with Crippen LogP contribution in [0.1, 0.15) is 90.9 Å². The van der Waals surface area contributed by atoms with Gasteiger partial charge < -0.3 is 0 Å². The zero-order valence-electron chi connectivity index (χ0n) is 13.1. The molecule has 19 heavy (non-hydrogen) atoms. The van der Waals surface area contributed by atoms with Crippen molar-refractivity contribution in [1.29, 1.82) is 0 Å². The molecule has 0 aromatic rings. The fourth-order valence-electron chi connectivity index (χ4n) is 2.10. The summed E-state index contributed by atoms with van der Waals surface area (Å²) < 4.78 is 13.4. The van der Waals surface area contributed by atoms with E-state index in [9.17, 15) is 4.39 Å². The minimum atomic E-state index is 0.0405. The molecule has 0 aliphatic heterocycles. The van der Waals surface area contributed by atoms with E-state index in [1.165, 1.54) is 57.8 Å². The number of hydrogen-bond donors (Lipinski definition) is 0. The highest BCUT2D eigenvalue weighted by Crippen LogP contribution is 2.13. The Balaban J connectivity index is 3.34. The van der Waals surface area contributed by atoms with Crippen LogP contribution in [0.25, 0.3) is 0 Å². The monoisotopic (exact) mass is 268 g/mol. The first-order valence-electron chi connectivity index (χ1n) is 8.32. The summed E-state index contributed by atoms with van der Waals surface area (Å²) in [6.07, 6.45) is 19.8. The Morgan fingerprint density at radius 3 is 2.00 bits per heavy atom. The fourth-order valence-corrected chi connectivity index (χ4v) is 2.10. The highest BCUT2D eigenvalue weighted by molar-refractivity contribution is 5.06. The molecule has 0 unspecified atom stereocenters. The van der Waals surface area contributed by atoms with Crippen LogP contribution < -0.4 is 0 Å². The molecular formula is C18H33F. The number of hydrogen-bond acceptors (Lipinski definition) is 0. The summed E-state index contributed by atoms with van der Waals surface area (Å²) in [5.41, 5.74) is 0. The van der Waals surface area contributed by atoms with Crippen molar-refractivity contribution < 1.29 is 4.39 Å². The Morgan fingerprint density at radius 1 is 0.789 bits per heavy atom. The Kier molecular flexibility index (Phi) is 15.0. The second kappa shape index (κ2) is 15.5. The smallest absolute Gasteiger partial charge is 0.0999 e. The highest BCUT2D eigenvalue weighted by atomic mass is 19.1. The summed E-state index contributed by atoms with van der Waals surface area (Å²) in [4.78, 5) is 0. The summed E-state index contributed by atoms with van der Waals surface area (Å²) in [7, 11) is 0. The van der Waals surface area contributed by atoms with Crippen molar-refractivity contribution in [2.45, 2.75) is 90.9 Å². The standard InChI is InChI=1S/C18H33F/c1-3-5-7-9-10-11-13-15-17-18(19)16-14-12-8-6-4-2/h12,14,16H,3-11,13,15,17H2,1-2H3/b14-12+,18-16-. The van der Waals surface area contributed by atoms with E-state index in [0.29, 0.717) is 6.42 Å². The lowest BCUT2D eigenvalue weighted by molar-refractivity contribution is 0.534. The summed E-state index contributed by atoms with van der Waals surface area (Å²) >= 11 is 0. The van der Waals surface area contributed by atoms with Gasteiger partial charge >= 0.3 is 0 Å². The molecule has 0 radical (unpaired) electrons. The fraction of sp³-hybridized carbons (Fsp3) is 0.778. The van der Waals surface area contributed by atoms with Crippen LogP contribution in [0, 0.1) is 0 Å². The van der Waals surface area contributed by atoms with Crippen molar-refractivity contribution >= 4 is 0 Å². The topological polar surface area (TPSA) is 0 Å². The van der Waals surface area contributed by atoms with Gasteiger partial charge in [0, 0.05) is 0 Å². The van der Waals surface area contributed by atoms with Gasteiger partial charge in [-0.3, -0.25) is 0 Å². The first-order chi connectivity index (χ1) is 9.31. The summed E-state index contributed by atoms with van der Waals surface area (Å²) in [6.45, 7) is 4.42. The van der Waals surface area contributed by atoms with Crippen molar-refractivity contribution in [2.24, 2.45) is 0 Å². The molecular weight excluding hydrogens is 235 g/mol. The van der Waals surface area contributed by atoms with E-state index >= 15 is 0 Å². The van der Waals surface area contributed by atoms with Crippen LogP contribution in [0.2, 0.25) is 0 Å². The van der Waals surface area contributed by atoms with E-state index in [1.54, 1.807) is 6.08 Å². The molecule has 0 aromatic heterocycles. The molecule has 0 aromatic carbocycles. The van der Waals surface area contributed by atoms with Gasteiger partial charge in [-0.1, -0.05) is 83.8 Å². The molecule has 0 rings (SSSR count). The Hall–Kier alpha value is -0.590. The van der Waals surface area contributed by atoms with Gasteiger partial charge in [-0.2, -0.15) is 0 Å². The van der Waals surface area contributed by atoms with Crippen molar-refractivity contribution in [3.8, 4) is 0 Å². The minimum absolute atomic E-state index is 0.0405. The predicted octanol–water partition coefficient (Wildman–Crippen LogP) is 7.12. The maximum atomic E-state index is 13.4. The van der Waals surface area contributed by atoms with Crippen LogP contribution in [0.5, 0.6) is 0 Å². The van der Waals surface area contributed by atoms with Crippen LogP contribution in [-0.2, 0) is 0 Å². The third-order valence-corrected chi connectivity index (χ3v) is 3.41. The average Bonchev–Trinajstić information content (AvgIpc) is 2.41. The maximum Gasteiger partial charge on any atom is 0.0999 e. The lowest BCUT2D eigenvalue weighted by atomic mass is 10.1. The summed E-state index contributed by atoms with van der Waals surface area (Å²) in [5, 5.41) is 0. The van der Waals surface area contributed by atoms with Gasteiger partial charge in [-0.05, 0) is 25.3 Å². The van der Waals surface area contributed by atoms with Crippen LogP contribution in [0.15, 0.2) is 24.1 Å². The number of unbranched alkanes of at least 4 members (excludes halogenated alkanes) is 9.